The van der Waals surface area contributed by atoms with Crippen LogP contribution in [0.4, 0.5) is 8.78 Å². The maximum absolute atomic E-state index is 13.6. The van der Waals surface area contributed by atoms with Gasteiger partial charge in [-0.25, -0.2) is 8.78 Å². The first-order valence-electron chi connectivity index (χ1n) is 5.75. The van der Waals surface area contributed by atoms with Crippen LogP contribution >= 0.6 is 0 Å². The van der Waals surface area contributed by atoms with E-state index in [0.29, 0.717) is 11.1 Å². The molecule has 1 unspecified atom stereocenters. The molecular formula is C15H11F2NaO2. The molecule has 0 amide bonds. The Morgan fingerprint density at radius 3 is 2.20 bits per heavy atom. The number of carboxylic acid groups (broad SMARTS) is 1. The van der Waals surface area contributed by atoms with Gasteiger partial charge in [-0.15, -0.1) is 0 Å². The number of halogens is 2. The van der Waals surface area contributed by atoms with E-state index in [0.717, 1.165) is 6.07 Å². The number of aliphatic carboxylic acids is 1. The Morgan fingerprint density at radius 2 is 1.70 bits per heavy atom. The minimum absolute atomic E-state index is 0. The van der Waals surface area contributed by atoms with Crippen molar-refractivity contribution >= 4 is 5.97 Å². The molecule has 2 aromatic carbocycles. The van der Waals surface area contributed by atoms with E-state index < -0.39 is 23.5 Å². The van der Waals surface area contributed by atoms with Crippen molar-refractivity contribution in [2.75, 3.05) is 0 Å². The summed E-state index contributed by atoms with van der Waals surface area (Å²) in [6.07, 6.45) is 0. The Bertz CT molecular complexity index is 612. The van der Waals surface area contributed by atoms with Crippen molar-refractivity contribution in [3.63, 3.8) is 0 Å². The van der Waals surface area contributed by atoms with E-state index in [1.807, 2.05) is 0 Å². The van der Waals surface area contributed by atoms with Crippen LogP contribution in [0.5, 0.6) is 0 Å². The van der Waals surface area contributed by atoms with Crippen molar-refractivity contribution in [3.8, 4) is 11.1 Å². The maximum Gasteiger partial charge on any atom is 1.00 e. The summed E-state index contributed by atoms with van der Waals surface area (Å²) < 4.78 is 26.4. The second-order valence-electron chi connectivity index (χ2n) is 4.29. The maximum atomic E-state index is 13.6. The van der Waals surface area contributed by atoms with Crippen molar-refractivity contribution in [1.82, 2.24) is 0 Å². The van der Waals surface area contributed by atoms with Crippen LogP contribution in [0.25, 0.3) is 11.1 Å². The molecule has 0 aliphatic carbocycles. The number of hydrogen-bond acceptors (Lipinski definition) is 2. The van der Waals surface area contributed by atoms with Crippen molar-refractivity contribution in [2.45, 2.75) is 12.8 Å². The van der Waals surface area contributed by atoms with Gasteiger partial charge in [-0.05, 0) is 23.3 Å². The van der Waals surface area contributed by atoms with Gasteiger partial charge in [-0.2, -0.15) is 0 Å². The largest absolute Gasteiger partial charge is 1.00 e. The van der Waals surface area contributed by atoms with Crippen molar-refractivity contribution < 1.29 is 48.2 Å². The van der Waals surface area contributed by atoms with Gasteiger partial charge >= 0.3 is 29.6 Å². The fraction of sp³-hybridized carbons (Fsp3) is 0.133. The van der Waals surface area contributed by atoms with E-state index >= 15 is 0 Å². The number of carbonyl (C=O) groups is 1. The molecule has 2 aromatic rings. The first kappa shape index (κ1) is 16.8. The molecule has 5 heteroatoms. The molecule has 0 bridgehead atoms. The fourth-order valence-electron chi connectivity index (χ4n) is 1.81. The summed E-state index contributed by atoms with van der Waals surface area (Å²) >= 11 is 0. The fourth-order valence-corrected chi connectivity index (χ4v) is 1.81. The van der Waals surface area contributed by atoms with Crippen LogP contribution in [0, 0.1) is 11.6 Å². The predicted molar refractivity (Wildman–Crippen MR) is 65.2 cm³/mol. The zero-order valence-electron chi connectivity index (χ0n) is 11.2. The summed E-state index contributed by atoms with van der Waals surface area (Å²) in [7, 11) is 0. The van der Waals surface area contributed by atoms with E-state index in [4.69, 9.17) is 0 Å². The van der Waals surface area contributed by atoms with Gasteiger partial charge in [0, 0.05) is 23.5 Å². The number of carboxylic acids is 1. The molecule has 0 fully saturated rings. The Labute approximate surface area is 137 Å². The van der Waals surface area contributed by atoms with Gasteiger partial charge in [0.05, 0.1) is 0 Å². The summed E-state index contributed by atoms with van der Waals surface area (Å²) in [6, 6.07) is 9.73. The van der Waals surface area contributed by atoms with Crippen LogP contribution in [0.3, 0.4) is 0 Å². The minimum atomic E-state index is -1.17. The molecular weight excluding hydrogens is 273 g/mol. The third-order valence-electron chi connectivity index (χ3n) is 3.01. The smallest absolute Gasteiger partial charge is 0.550 e. The standard InChI is InChI=1S/C15H12F2O2.Na/c1-9(15(18)19)10-2-4-11(5-3-10)13-7-6-12(16)8-14(13)17;/h2-9H,1H3,(H,18,19);/q;+1/p-1. The molecule has 2 rings (SSSR count). The molecule has 98 valence electrons. The van der Waals surface area contributed by atoms with Crippen LogP contribution in [0.15, 0.2) is 42.5 Å². The molecule has 0 saturated heterocycles. The van der Waals surface area contributed by atoms with Crippen LogP contribution < -0.4 is 34.7 Å². The molecule has 0 aliphatic heterocycles. The quantitative estimate of drug-likeness (QED) is 0.712. The monoisotopic (exact) mass is 284 g/mol. The Balaban J connectivity index is 0.00000200. The first-order valence-corrected chi connectivity index (χ1v) is 5.75. The second-order valence-corrected chi connectivity index (χ2v) is 4.29. The van der Waals surface area contributed by atoms with Crippen molar-refractivity contribution in [3.05, 3.63) is 59.7 Å². The second kappa shape index (κ2) is 6.97. The zero-order chi connectivity index (χ0) is 14.0. The summed E-state index contributed by atoms with van der Waals surface area (Å²) in [5.41, 5.74) is 1.41. The topological polar surface area (TPSA) is 40.1 Å². The summed E-state index contributed by atoms with van der Waals surface area (Å²) in [6.45, 7) is 1.52. The SMILES string of the molecule is CC(C(=O)[O-])c1ccc(-c2ccc(F)cc2F)cc1.[Na+]. The molecule has 0 aromatic heterocycles. The van der Waals surface area contributed by atoms with Crippen LogP contribution in [0.1, 0.15) is 18.4 Å². The molecule has 0 radical (unpaired) electrons. The number of hydrogen-bond donors (Lipinski definition) is 0. The first-order chi connectivity index (χ1) is 8.99. The van der Waals surface area contributed by atoms with E-state index in [1.165, 1.54) is 19.1 Å². The zero-order valence-corrected chi connectivity index (χ0v) is 13.2. The molecule has 1 atom stereocenters. The van der Waals surface area contributed by atoms with Gasteiger partial charge in [0.15, 0.2) is 0 Å². The number of rotatable bonds is 3. The van der Waals surface area contributed by atoms with Crippen LogP contribution in [-0.4, -0.2) is 5.97 Å². The van der Waals surface area contributed by atoms with E-state index in [-0.39, 0.29) is 35.1 Å². The Hall–Kier alpha value is -1.23. The predicted octanol–water partition coefficient (Wildman–Crippen LogP) is -0.511. The third-order valence-corrected chi connectivity index (χ3v) is 3.01. The molecule has 0 aliphatic rings. The van der Waals surface area contributed by atoms with E-state index in [1.54, 1.807) is 24.3 Å². The number of carbonyl (C=O) groups excluding carboxylic acids is 1. The molecule has 0 heterocycles. The van der Waals surface area contributed by atoms with Gasteiger partial charge in [0.1, 0.15) is 11.6 Å². The molecule has 0 saturated carbocycles. The minimum Gasteiger partial charge on any atom is -0.550 e. The summed E-state index contributed by atoms with van der Waals surface area (Å²) in [5.74, 6) is -3.18. The average molecular weight is 284 g/mol. The summed E-state index contributed by atoms with van der Waals surface area (Å²) in [5, 5.41) is 10.7. The van der Waals surface area contributed by atoms with Gasteiger partial charge in [0.2, 0.25) is 0 Å². The normalized spacial score (nSPS) is 11.6. The van der Waals surface area contributed by atoms with Crippen molar-refractivity contribution in [2.24, 2.45) is 0 Å². The van der Waals surface area contributed by atoms with Crippen LogP contribution in [-0.2, 0) is 4.79 Å². The third kappa shape index (κ3) is 3.66. The molecule has 20 heavy (non-hydrogen) atoms. The van der Waals surface area contributed by atoms with Gasteiger partial charge < -0.3 is 9.90 Å². The van der Waals surface area contributed by atoms with E-state index in [2.05, 4.69) is 0 Å². The number of benzene rings is 2. The van der Waals surface area contributed by atoms with Crippen LogP contribution in [0.2, 0.25) is 0 Å². The average Bonchev–Trinajstić information content (AvgIpc) is 2.38. The molecule has 2 nitrogen and oxygen atoms in total. The Morgan fingerprint density at radius 1 is 1.10 bits per heavy atom. The van der Waals surface area contributed by atoms with E-state index in [9.17, 15) is 18.7 Å². The van der Waals surface area contributed by atoms with Gasteiger partial charge in [-0.3, -0.25) is 0 Å². The molecule has 0 N–H and O–H groups in total. The molecule has 0 spiro atoms. The Kier molecular flexibility index (Phi) is 5.87. The van der Waals surface area contributed by atoms with Crippen molar-refractivity contribution in [1.29, 1.82) is 0 Å². The van der Waals surface area contributed by atoms with Gasteiger partial charge in [0.25, 0.3) is 0 Å². The summed E-state index contributed by atoms with van der Waals surface area (Å²) in [4.78, 5) is 10.7. The van der Waals surface area contributed by atoms with Gasteiger partial charge in [-0.1, -0.05) is 31.2 Å².